The summed E-state index contributed by atoms with van der Waals surface area (Å²) in [6.07, 6.45) is -2.67. The third-order valence-corrected chi connectivity index (χ3v) is 21.0. The fourth-order valence-electron chi connectivity index (χ4n) is 13.3. The third kappa shape index (κ3) is 20.7. The summed E-state index contributed by atoms with van der Waals surface area (Å²) in [5.41, 5.74) is -0.679. The average Bonchev–Trinajstić information content (AvgIpc) is 1.45. The Balaban J connectivity index is 1.47. The Morgan fingerprint density at radius 3 is 1.79 bits per heavy atom. The van der Waals surface area contributed by atoms with Crippen molar-refractivity contribution in [2.24, 2.45) is 11.8 Å². The Kier molecular flexibility index (Phi) is 29.3. The second-order valence-corrected chi connectivity index (χ2v) is 28.9. The van der Waals surface area contributed by atoms with Crippen LogP contribution in [-0.2, 0) is 83.0 Å². The van der Waals surface area contributed by atoms with Gasteiger partial charge in [-0.15, -0.1) is 0 Å². The van der Waals surface area contributed by atoms with Crippen molar-refractivity contribution in [3.8, 4) is 0 Å². The zero-order chi connectivity index (χ0) is 76.0. The molecule has 1 saturated carbocycles. The highest BCUT2D eigenvalue weighted by molar-refractivity contribution is 6.31. The van der Waals surface area contributed by atoms with Gasteiger partial charge in [-0.2, -0.15) is 13.2 Å². The highest BCUT2D eigenvalue weighted by Crippen LogP contribution is 2.37. The molecule has 0 aromatic heterocycles. The van der Waals surface area contributed by atoms with Crippen molar-refractivity contribution in [1.82, 2.24) is 60.0 Å². The molecule has 6 rings (SSSR count). The lowest BCUT2D eigenvalue weighted by atomic mass is 9.91. The summed E-state index contributed by atoms with van der Waals surface area (Å²) in [4.78, 5) is 189. The molecule has 1 spiro atoms. The van der Waals surface area contributed by atoms with Crippen LogP contribution in [0.4, 0.5) is 13.2 Å². The summed E-state index contributed by atoms with van der Waals surface area (Å²) in [6, 6.07) is 7.01. The molecular weight excluding hydrogens is 1360 g/mol. The van der Waals surface area contributed by atoms with Crippen molar-refractivity contribution in [2.45, 2.75) is 179 Å². The summed E-state index contributed by atoms with van der Waals surface area (Å²) in [5, 5.41) is 8.08. The van der Waals surface area contributed by atoms with E-state index in [9.17, 15) is 51.5 Å². The van der Waals surface area contributed by atoms with Crippen molar-refractivity contribution >= 4 is 94.1 Å². The largest absolute Gasteiger partial charge is 0.417 e. The minimum Gasteiger partial charge on any atom is -0.343 e. The van der Waals surface area contributed by atoms with Crippen LogP contribution in [0.15, 0.2) is 66.7 Å². The number of nitrogens with one attached hydrogen (secondary N) is 3. The van der Waals surface area contributed by atoms with Gasteiger partial charge in [0.05, 0.1) is 36.6 Å². The van der Waals surface area contributed by atoms with Gasteiger partial charge in [-0.3, -0.25) is 57.5 Å². The SMILES string of the molecule is CC[C@H](C)[C@@H]1NC(=O)[C@H](C)N(C)C(=O)C[C@@H](C(=O)N2CCCCC2)N(C)C(=O)[C@H](C(C)C)N(C)C(=O)C2(CCCC2)NC(=O)[C@H](Cc2ccccc2Cl)N(C)C(=O)[C@H](CCc2ccc(C(F)(F)F)c(Cl)c2)NC(=O)CN(C)C(=O)[C@H](Cc2ccc(C)cc2)N(C)C(=O)CN(C)C(=O)CN(C)C1=O. The number of amides is 12. The van der Waals surface area contributed by atoms with Crippen molar-refractivity contribution < 1.29 is 70.7 Å². The molecule has 0 radical (unpaired) electrons. The molecule has 12 amide bonds. The Labute approximate surface area is 606 Å². The molecule has 102 heavy (non-hydrogen) atoms. The molecule has 2 heterocycles. The van der Waals surface area contributed by atoms with Gasteiger partial charge in [0, 0.05) is 87.3 Å². The summed E-state index contributed by atoms with van der Waals surface area (Å²) < 4.78 is 41.8. The number of nitrogens with zero attached hydrogens (tertiary/aromatic N) is 9. The number of hydrogen-bond acceptors (Lipinski definition) is 12. The summed E-state index contributed by atoms with van der Waals surface area (Å²) in [5.74, 6) is -10.1. The molecule has 3 N–H and O–H groups in total. The molecule has 560 valence electrons. The van der Waals surface area contributed by atoms with E-state index < -0.39 is 173 Å². The summed E-state index contributed by atoms with van der Waals surface area (Å²) in [7, 11) is 10.8. The number of rotatable bonds is 11. The van der Waals surface area contributed by atoms with Crippen molar-refractivity contribution in [3.63, 3.8) is 0 Å². The van der Waals surface area contributed by atoms with Crippen LogP contribution >= 0.6 is 23.2 Å². The average molecular weight is 1470 g/mol. The molecule has 0 unspecified atom stereocenters. The van der Waals surface area contributed by atoms with Crippen LogP contribution in [0.1, 0.15) is 127 Å². The van der Waals surface area contributed by atoms with E-state index in [4.69, 9.17) is 23.2 Å². The number of hydrogen-bond donors (Lipinski definition) is 3. The van der Waals surface area contributed by atoms with E-state index >= 15 is 19.2 Å². The van der Waals surface area contributed by atoms with Crippen LogP contribution in [0.25, 0.3) is 0 Å². The van der Waals surface area contributed by atoms with Gasteiger partial charge in [0.25, 0.3) is 0 Å². The lowest BCUT2D eigenvalue weighted by Gasteiger charge is -2.42. The number of alkyl halides is 3. The number of benzene rings is 3. The third-order valence-electron chi connectivity index (χ3n) is 20.3. The second-order valence-electron chi connectivity index (χ2n) is 28.1. The van der Waals surface area contributed by atoms with E-state index in [1.165, 1.54) is 74.3 Å². The molecule has 8 atom stereocenters. The zero-order valence-electron chi connectivity index (χ0n) is 61.1. The Hall–Kier alpha value is -8.33. The molecule has 3 aliphatic rings. The smallest absolute Gasteiger partial charge is 0.343 e. The quantitative estimate of drug-likeness (QED) is 0.206. The van der Waals surface area contributed by atoms with E-state index in [0.717, 1.165) is 58.4 Å². The first-order valence-corrected chi connectivity index (χ1v) is 35.5. The number of likely N-dealkylation sites (tertiary alicyclic amines) is 1. The summed E-state index contributed by atoms with van der Waals surface area (Å²) in [6.45, 7) is 8.99. The molecule has 29 heteroatoms. The molecule has 24 nitrogen and oxygen atoms in total. The lowest BCUT2D eigenvalue weighted by molar-refractivity contribution is -0.156. The maximum Gasteiger partial charge on any atom is 0.417 e. The Morgan fingerprint density at radius 1 is 0.608 bits per heavy atom. The van der Waals surface area contributed by atoms with Gasteiger partial charge < -0.3 is 60.0 Å². The second kappa shape index (κ2) is 36.2. The van der Waals surface area contributed by atoms with Gasteiger partial charge >= 0.3 is 6.18 Å². The maximum absolute atomic E-state index is 15.6. The van der Waals surface area contributed by atoms with E-state index in [0.29, 0.717) is 56.3 Å². The first kappa shape index (κ1) is 82.6. The molecule has 0 bridgehead atoms. The molecular formula is C73H101Cl2F3N12O12. The molecule has 3 fully saturated rings. The van der Waals surface area contributed by atoms with E-state index in [-0.39, 0.29) is 49.1 Å². The van der Waals surface area contributed by atoms with Crippen LogP contribution in [0.3, 0.4) is 0 Å². The Bertz CT molecular complexity index is 3550. The number of carbonyl (C=O) groups excluding carboxylic acids is 12. The highest BCUT2D eigenvalue weighted by Gasteiger charge is 2.50. The number of likely N-dealkylation sites (N-methyl/N-ethyl adjacent to an activating group) is 8. The van der Waals surface area contributed by atoms with E-state index in [2.05, 4.69) is 16.0 Å². The monoisotopic (exact) mass is 1460 g/mol. The highest BCUT2D eigenvalue weighted by atomic mass is 35.5. The maximum atomic E-state index is 15.6. The minimum atomic E-state index is -4.80. The van der Waals surface area contributed by atoms with Gasteiger partial charge in [-0.05, 0) is 106 Å². The summed E-state index contributed by atoms with van der Waals surface area (Å²) >= 11 is 13.0. The Morgan fingerprint density at radius 2 is 1.21 bits per heavy atom. The van der Waals surface area contributed by atoms with Crippen molar-refractivity contribution in [1.29, 1.82) is 0 Å². The molecule has 1 aliphatic carbocycles. The van der Waals surface area contributed by atoms with Gasteiger partial charge in [-0.1, -0.05) is 124 Å². The number of halogens is 5. The predicted octanol–water partition coefficient (Wildman–Crippen LogP) is 5.79. The first-order valence-electron chi connectivity index (χ1n) is 34.7. The normalized spacial score (nSPS) is 23.9. The van der Waals surface area contributed by atoms with Crippen LogP contribution in [-0.4, -0.2) is 252 Å². The van der Waals surface area contributed by atoms with Gasteiger partial charge in [0.2, 0.25) is 70.9 Å². The van der Waals surface area contributed by atoms with Gasteiger partial charge in [-0.25, -0.2) is 0 Å². The van der Waals surface area contributed by atoms with Gasteiger partial charge in [0.15, 0.2) is 0 Å². The number of carbonyl (C=O) groups is 12. The molecule has 2 saturated heterocycles. The van der Waals surface area contributed by atoms with E-state index in [1.54, 1.807) is 81.1 Å². The van der Waals surface area contributed by atoms with Crippen LogP contribution in [0, 0.1) is 18.8 Å². The topological polar surface area (TPSA) is 270 Å². The van der Waals surface area contributed by atoms with E-state index in [1.807, 2.05) is 6.92 Å². The molecule has 3 aromatic rings. The molecule has 2 aliphatic heterocycles. The first-order chi connectivity index (χ1) is 47.8. The fraction of sp³-hybridized carbons (Fsp3) is 0.589. The van der Waals surface area contributed by atoms with Crippen LogP contribution in [0.2, 0.25) is 10.0 Å². The van der Waals surface area contributed by atoms with Crippen molar-refractivity contribution in [2.75, 3.05) is 89.1 Å². The predicted molar refractivity (Wildman–Crippen MR) is 379 cm³/mol. The van der Waals surface area contributed by atoms with Crippen LogP contribution < -0.4 is 16.0 Å². The standard InChI is InChI=1S/C73H101Cl2F3N12O12/c1-15-46(5)62-69(100)84(9)42-60(93)82(7)43-61(94)86(11)56(38-49-27-25-45(4)26-28-49)67(98)83(8)41-58(91)79-54(32-30-48-29-31-51(53(75)37-48)73(76,77)78)66(97)87(12)55(39-50-23-17-18-24-52(50)74)65(96)81-72(33-19-20-34-72)71(102)89(14)63(44(2)3)70(101)88(13)57(68(99)90-35-21-16-22-36-90)40-59(92)85(10)47(6)64(95)80-62/h17-18,23-29,31,37,44,46-47,54-57,62-63H,15-16,19-22,30,32-36,38-43H2,1-14H3,(H,79,91)(H,80,95)(H,81,96)/t46-,47-,54-,55-,56-,57-,62-,63-/m0/s1. The molecule has 3 aromatic carbocycles. The lowest BCUT2D eigenvalue weighted by Crippen LogP contribution is -2.65. The fourth-order valence-corrected chi connectivity index (χ4v) is 13.8. The minimum absolute atomic E-state index is 0.0754. The number of piperidine rings is 1. The van der Waals surface area contributed by atoms with Gasteiger partial charge in [0.1, 0.15) is 47.8 Å². The van der Waals surface area contributed by atoms with Crippen LogP contribution in [0.5, 0.6) is 0 Å². The zero-order valence-corrected chi connectivity index (χ0v) is 62.6. The van der Waals surface area contributed by atoms with Crippen molar-refractivity contribution in [3.05, 3.63) is 105 Å². The number of aryl methyl sites for hydroxylation is 2.